The highest BCUT2D eigenvalue weighted by Gasteiger charge is 2.22. The summed E-state index contributed by atoms with van der Waals surface area (Å²) in [6.07, 6.45) is 1.50. The fourth-order valence-corrected chi connectivity index (χ4v) is 1.36. The van der Waals surface area contributed by atoms with E-state index in [1.807, 2.05) is 0 Å². The van der Waals surface area contributed by atoms with Crippen LogP contribution in [-0.4, -0.2) is 30.1 Å². The van der Waals surface area contributed by atoms with Gasteiger partial charge in [0.25, 0.3) is 5.95 Å². The predicted octanol–water partition coefficient (Wildman–Crippen LogP) is 1.51. The molecule has 0 aliphatic heterocycles. The summed E-state index contributed by atoms with van der Waals surface area (Å²) in [6, 6.07) is 3.42. The molecule has 0 aliphatic carbocycles. The van der Waals surface area contributed by atoms with Gasteiger partial charge >= 0.3 is 5.97 Å². The van der Waals surface area contributed by atoms with Gasteiger partial charge in [-0.3, -0.25) is 4.99 Å². The van der Waals surface area contributed by atoms with Gasteiger partial charge in [0.15, 0.2) is 5.57 Å². The summed E-state index contributed by atoms with van der Waals surface area (Å²) in [4.78, 5) is 15.7. The van der Waals surface area contributed by atoms with E-state index >= 15 is 0 Å². The standard InChI is InChI=1S/C13H18N2O5/c1-3-18-12(16)10(13(17)19-4-2)11(14)15-8-9-6-5-7-20-9/h5-7,16H,3-4,8H2,1-2H3,(H2,14,15)/b12-10+. The zero-order valence-corrected chi connectivity index (χ0v) is 11.5. The predicted molar refractivity (Wildman–Crippen MR) is 71.9 cm³/mol. The molecule has 0 unspecified atom stereocenters. The zero-order valence-electron chi connectivity index (χ0n) is 11.5. The van der Waals surface area contributed by atoms with Crippen molar-refractivity contribution < 1.29 is 23.8 Å². The Morgan fingerprint density at radius 1 is 1.40 bits per heavy atom. The number of aliphatic hydroxyl groups is 1. The number of rotatable bonds is 7. The number of nitrogens with two attached hydrogens (primary N) is 1. The van der Waals surface area contributed by atoms with E-state index < -0.39 is 11.9 Å². The number of amidine groups is 1. The van der Waals surface area contributed by atoms with Gasteiger partial charge in [0, 0.05) is 0 Å². The number of hydrogen-bond donors (Lipinski definition) is 2. The molecular formula is C13H18N2O5. The molecule has 0 atom stereocenters. The Morgan fingerprint density at radius 2 is 2.10 bits per heavy atom. The Morgan fingerprint density at radius 3 is 2.65 bits per heavy atom. The van der Waals surface area contributed by atoms with E-state index in [9.17, 15) is 9.90 Å². The normalized spacial score (nSPS) is 12.8. The smallest absolute Gasteiger partial charge is 0.349 e. The third-order valence-corrected chi connectivity index (χ3v) is 2.22. The van der Waals surface area contributed by atoms with Gasteiger partial charge < -0.3 is 24.7 Å². The van der Waals surface area contributed by atoms with Crippen molar-refractivity contribution in [2.75, 3.05) is 13.2 Å². The second-order valence-corrected chi connectivity index (χ2v) is 3.61. The van der Waals surface area contributed by atoms with Crippen LogP contribution in [0.4, 0.5) is 0 Å². The van der Waals surface area contributed by atoms with Gasteiger partial charge in [-0.05, 0) is 26.0 Å². The first-order valence-corrected chi connectivity index (χ1v) is 6.15. The molecule has 0 amide bonds. The number of carbonyl (C=O) groups is 1. The van der Waals surface area contributed by atoms with Crippen LogP contribution in [0.3, 0.4) is 0 Å². The van der Waals surface area contributed by atoms with Gasteiger partial charge in [-0.2, -0.15) is 0 Å². The van der Waals surface area contributed by atoms with Crippen LogP contribution in [0.15, 0.2) is 39.3 Å². The number of hydrogen-bond acceptors (Lipinski definition) is 6. The van der Waals surface area contributed by atoms with Crippen LogP contribution >= 0.6 is 0 Å². The molecule has 0 fully saturated rings. The Balaban J connectivity index is 2.94. The summed E-state index contributed by atoms with van der Waals surface area (Å²) < 4.78 is 14.8. The van der Waals surface area contributed by atoms with E-state index in [0.717, 1.165) is 0 Å². The van der Waals surface area contributed by atoms with Gasteiger partial charge in [-0.25, -0.2) is 4.79 Å². The molecule has 1 aromatic heterocycles. The van der Waals surface area contributed by atoms with Crippen molar-refractivity contribution in [2.45, 2.75) is 20.4 Å². The molecule has 7 nitrogen and oxygen atoms in total. The quantitative estimate of drug-likeness (QED) is 0.258. The number of aliphatic hydroxyl groups excluding tert-OH is 1. The summed E-state index contributed by atoms with van der Waals surface area (Å²) in [6.45, 7) is 3.77. The molecule has 0 spiro atoms. The molecular weight excluding hydrogens is 264 g/mol. The first-order chi connectivity index (χ1) is 9.60. The first-order valence-electron chi connectivity index (χ1n) is 6.15. The topological polar surface area (TPSA) is 107 Å². The number of carbonyl (C=O) groups excluding carboxylic acids is 1. The maximum atomic E-state index is 11.8. The summed E-state index contributed by atoms with van der Waals surface area (Å²) in [7, 11) is 0. The van der Waals surface area contributed by atoms with Gasteiger partial charge in [0.05, 0.1) is 26.0 Å². The fraction of sp³-hybridized carbons (Fsp3) is 0.385. The zero-order chi connectivity index (χ0) is 15.0. The molecule has 7 heteroatoms. The number of esters is 1. The average Bonchev–Trinajstić information content (AvgIpc) is 2.90. The summed E-state index contributed by atoms with van der Waals surface area (Å²) in [5.41, 5.74) is 5.42. The van der Waals surface area contributed by atoms with E-state index in [1.54, 1.807) is 26.0 Å². The molecule has 0 saturated heterocycles. The Bertz CT molecular complexity index is 491. The van der Waals surface area contributed by atoms with Crippen LogP contribution in [0.1, 0.15) is 19.6 Å². The SMILES string of the molecule is CCOC(=O)/C(C(N)=NCc1ccco1)=C(\O)OCC. The Labute approximate surface area is 116 Å². The van der Waals surface area contributed by atoms with Crippen molar-refractivity contribution in [3.8, 4) is 0 Å². The molecule has 0 bridgehead atoms. The lowest BCUT2D eigenvalue weighted by Crippen LogP contribution is -2.26. The lowest BCUT2D eigenvalue weighted by molar-refractivity contribution is -0.138. The lowest BCUT2D eigenvalue weighted by atomic mass is 10.2. The number of aliphatic imine (C=N–C) groups is 1. The van der Waals surface area contributed by atoms with Gasteiger partial charge in [-0.1, -0.05) is 0 Å². The molecule has 1 aromatic rings. The highest BCUT2D eigenvalue weighted by atomic mass is 16.6. The third kappa shape index (κ3) is 4.34. The van der Waals surface area contributed by atoms with Crippen LogP contribution in [-0.2, 0) is 20.8 Å². The van der Waals surface area contributed by atoms with Crippen molar-refractivity contribution in [1.29, 1.82) is 0 Å². The van der Waals surface area contributed by atoms with E-state index in [-0.39, 0.29) is 31.2 Å². The highest BCUT2D eigenvalue weighted by Crippen LogP contribution is 2.09. The molecule has 20 heavy (non-hydrogen) atoms. The Kier molecular flexibility index (Phi) is 6.15. The molecule has 0 aliphatic rings. The van der Waals surface area contributed by atoms with E-state index in [2.05, 4.69) is 4.99 Å². The van der Waals surface area contributed by atoms with Gasteiger partial charge in [0.1, 0.15) is 11.6 Å². The molecule has 0 radical (unpaired) electrons. The number of nitrogens with zero attached hydrogens (tertiary/aromatic N) is 1. The van der Waals surface area contributed by atoms with Gasteiger partial charge in [-0.15, -0.1) is 0 Å². The molecule has 110 valence electrons. The minimum atomic E-state index is -0.792. The minimum Gasteiger partial charge on any atom is -0.480 e. The maximum absolute atomic E-state index is 11.8. The van der Waals surface area contributed by atoms with Crippen LogP contribution in [0.25, 0.3) is 0 Å². The van der Waals surface area contributed by atoms with E-state index in [1.165, 1.54) is 6.26 Å². The molecule has 0 aromatic carbocycles. The number of ether oxygens (including phenoxy) is 2. The van der Waals surface area contributed by atoms with Crippen molar-refractivity contribution in [2.24, 2.45) is 10.7 Å². The van der Waals surface area contributed by atoms with Crippen LogP contribution in [0.5, 0.6) is 0 Å². The minimum absolute atomic E-state index is 0.140. The Hall–Kier alpha value is -2.44. The fourth-order valence-electron chi connectivity index (χ4n) is 1.36. The largest absolute Gasteiger partial charge is 0.480 e. The summed E-state index contributed by atoms with van der Waals surface area (Å²) in [5.74, 6) is -0.997. The average molecular weight is 282 g/mol. The first kappa shape index (κ1) is 15.6. The monoisotopic (exact) mass is 282 g/mol. The van der Waals surface area contributed by atoms with Crippen molar-refractivity contribution in [3.63, 3.8) is 0 Å². The van der Waals surface area contributed by atoms with Crippen LogP contribution in [0.2, 0.25) is 0 Å². The van der Waals surface area contributed by atoms with Crippen LogP contribution in [0, 0.1) is 0 Å². The maximum Gasteiger partial charge on any atom is 0.349 e. The van der Waals surface area contributed by atoms with Crippen molar-refractivity contribution >= 4 is 11.8 Å². The van der Waals surface area contributed by atoms with Crippen molar-refractivity contribution in [3.05, 3.63) is 35.7 Å². The lowest BCUT2D eigenvalue weighted by Gasteiger charge is -2.09. The second-order valence-electron chi connectivity index (χ2n) is 3.61. The molecule has 1 heterocycles. The van der Waals surface area contributed by atoms with E-state index in [0.29, 0.717) is 5.76 Å². The summed E-state index contributed by atoms with van der Waals surface area (Å²) >= 11 is 0. The van der Waals surface area contributed by atoms with E-state index in [4.69, 9.17) is 19.6 Å². The summed E-state index contributed by atoms with van der Waals surface area (Å²) in [5, 5.41) is 9.71. The van der Waals surface area contributed by atoms with Gasteiger partial charge in [0.2, 0.25) is 0 Å². The highest BCUT2D eigenvalue weighted by molar-refractivity contribution is 6.18. The third-order valence-electron chi connectivity index (χ3n) is 2.22. The molecule has 1 rings (SSSR count). The van der Waals surface area contributed by atoms with Crippen LogP contribution < -0.4 is 5.73 Å². The molecule has 0 saturated carbocycles. The van der Waals surface area contributed by atoms with Crippen molar-refractivity contribution in [1.82, 2.24) is 0 Å². The molecule has 3 N–H and O–H groups in total. The number of furan rings is 1. The second kappa shape index (κ2) is 7.88.